The number of methoxy groups -OCH3 is 2. The number of ketones is 1. The number of aromatic hydroxyl groups is 1. The Balaban J connectivity index is 2.26. The van der Waals surface area contributed by atoms with Gasteiger partial charge in [0.25, 0.3) is 0 Å². The molecule has 0 aromatic heterocycles. The third-order valence-electron chi connectivity index (χ3n) is 3.06. The van der Waals surface area contributed by atoms with Gasteiger partial charge in [-0.3, -0.25) is 4.79 Å². The first-order chi connectivity index (χ1) is 10.5. The Labute approximate surface area is 137 Å². The second-order valence-electron chi connectivity index (χ2n) is 4.48. The van der Waals surface area contributed by atoms with Gasteiger partial charge < -0.3 is 14.6 Å². The average molecular weight is 363 g/mol. The van der Waals surface area contributed by atoms with Crippen LogP contribution in [0.25, 0.3) is 6.08 Å². The van der Waals surface area contributed by atoms with E-state index in [9.17, 15) is 9.90 Å². The second-order valence-corrected chi connectivity index (χ2v) is 5.39. The van der Waals surface area contributed by atoms with Crippen LogP contribution in [0, 0.1) is 0 Å². The monoisotopic (exact) mass is 362 g/mol. The van der Waals surface area contributed by atoms with Gasteiger partial charge in [-0.1, -0.05) is 22.0 Å². The number of halogens is 1. The number of benzene rings is 2. The zero-order chi connectivity index (χ0) is 16.1. The summed E-state index contributed by atoms with van der Waals surface area (Å²) in [5.74, 6) is 0.394. The van der Waals surface area contributed by atoms with E-state index in [1.807, 2.05) is 12.1 Å². The van der Waals surface area contributed by atoms with Crippen molar-refractivity contribution in [2.24, 2.45) is 0 Å². The van der Waals surface area contributed by atoms with Gasteiger partial charge in [-0.15, -0.1) is 0 Å². The molecular formula is C17H15BrO4. The Kier molecular flexibility index (Phi) is 5.22. The Hall–Kier alpha value is -2.27. The van der Waals surface area contributed by atoms with Crippen molar-refractivity contribution in [3.05, 3.63) is 58.1 Å². The third-order valence-corrected chi connectivity index (χ3v) is 3.59. The van der Waals surface area contributed by atoms with Crippen LogP contribution in [0.5, 0.6) is 17.2 Å². The Morgan fingerprint density at radius 2 is 1.64 bits per heavy atom. The summed E-state index contributed by atoms with van der Waals surface area (Å²) in [5, 5.41) is 9.85. The highest BCUT2D eigenvalue weighted by Gasteiger charge is 2.10. The lowest BCUT2D eigenvalue weighted by molar-refractivity contribution is 0.104. The van der Waals surface area contributed by atoms with Crippen molar-refractivity contribution in [2.45, 2.75) is 0 Å². The molecule has 0 aliphatic carbocycles. The molecule has 2 rings (SSSR count). The topological polar surface area (TPSA) is 55.8 Å². The normalized spacial score (nSPS) is 10.7. The number of allylic oxidation sites excluding steroid dienone is 1. The minimum absolute atomic E-state index is 0.0682. The van der Waals surface area contributed by atoms with Crippen LogP contribution in [0.4, 0.5) is 0 Å². The van der Waals surface area contributed by atoms with Crippen molar-refractivity contribution < 1.29 is 19.4 Å². The predicted molar refractivity (Wildman–Crippen MR) is 88.7 cm³/mol. The maximum atomic E-state index is 12.1. The van der Waals surface area contributed by atoms with E-state index in [-0.39, 0.29) is 23.0 Å². The molecule has 22 heavy (non-hydrogen) atoms. The van der Waals surface area contributed by atoms with Gasteiger partial charge in [0.2, 0.25) is 5.75 Å². The van der Waals surface area contributed by atoms with E-state index in [4.69, 9.17) is 9.47 Å². The van der Waals surface area contributed by atoms with Gasteiger partial charge in [0.1, 0.15) is 0 Å². The summed E-state index contributed by atoms with van der Waals surface area (Å²) in [7, 11) is 2.91. The van der Waals surface area contributed by atoms with Crippen LogP contribution in [-0.4, -0.2) is 25.1 Å². The number of phenols is 1. The van der Waals surface area contributed by atoms with Crippen LogP contribution in [0.15, 0.2) is 46.9 Å². The molecule has 2 aromatic carbocycles. The van der Waals surface area contributed by atoms with Crippen molar-refractivity contribution >= 4 is 27.8 Å². The number of phenolic OH excluding ortho intramolecular Hbond substituents is 1. The fourth-order valence-electron chi connectivity index (χ4n) is 1.89. The van der Waals surface area contributed by atoms with Gasteiger partial charge in [0.15, 0.2) is 17.3 Å². The van der Waals surface area contributed by atoms with E-state index in [1.165, 1.54) is 20.3 Å². The lowest BCUT2D eigenvalue weighted by Gasteiger charge is -2.09. The van der Waals surface area contributed by atoms with Crippen molar-refractivity contribution in [3.63, 3.8) is 0 Å². The van der Waals surface area contributed by atoms with E-state index in [0.29, 0.717) is 11.1 Å². The molecule has 0 fully saturated rings. The highest BCUT2D eigenvalue weighted by Crippen LogP contribution is 2.37. The van der Waals surface area contributed by atoms with Crippen molar-refractivity contribution in [1.29, 1.82) is 0 Å². The number of carbonyl (C=O) groups excluding carboxylic acids is 1. The van der Waals surface area contributed by atoms with E-state index in [2.05, 4.69) is 15.9 Å². The molecule has 1 N–H and O–H groups in total. The van der Waals surface area contributed by atoms with Gasteiger partial charge in [-0.2, -0.15) is 0 Å². The largest absolute Gasteiger partial charge is 0.502 e. The Bertz CT molecular complexity index is 680. The van der Waals surface area contributed by atoms with Crippen LogP contribution in [0.1, 0.15) is 15.9 Å². The zero-order valence-corrected chi connectivity index (χ0v) is 13.8. The SMILES string of the molecule is COc1cc(/C=C/C(=O)c2ccc(Br)cc2)cc(OC)c1O. The molecule has 5 heteroatoms. The molecular weight excluding hydrogens is 348 g/mol. The van der Waals surface area contributed by atoms with Crippen LogP contribution >= 0.6 is 15.9 Å². The van der Waals surface area contributed by atoms with Gasteiger partial charge in [-0.25, -0.2) is 0 Å². The molecule has 0 aliphatic heterocycles. The Morgan fingerprint density at radius 1 is 1.09 bits per heavy atom. The van der Waals surface area contributed by atoms with Crippen LogP contribution in [-0.2, 0) is 0 Å². The second kappa shape index (κ2) is 7.13. The lowest BCUT2D eigenvalue weighted by atomic mass is 10.1. The number of hydrogen-bond donors (Lipinski definition) is 1. The van der Waals surface area contributed by atoms with E-state index < -0.39 is 0 Å². The van der Waals surface area contributed by atoms with Gasteiger partial charge >= 0.3 is 0 Å². The maximum Gasteiger partial charge on any atom is 0.200 e. The first-order valence-corrected chi connectivity index (χ1v) is 7.27. The molecule has 0 atom stereocenters. The molecule has 0 unspecified atom stereocenters. The smallest absolute Gasteiger partial charge is 0.200 e. The third kappa shape index (κ3) is 3.68. The fraction of sp³-hybridized carbons (Fsp3) is 0.118. The minimum Gasteiger partial charge on any atom is -0.502 e. The van der Waals surface area contributed by atoms with Crippen LogP contribution in [0.2, 0.25) is 0 Å². The predicted octanol–water partition coefficient (Wildman–Crippen LogP) is 4.07. The molecule has 0 bridgehead atoms. The standard InChI is InChI=1S/C17H15BrO4/c1-21-15-9-11(10-16(22-2)17(15)20)3-8-14(19)12-4-6-13(18)7-5-12/h3-10,20H,1-2H3/b8-3+. The molecule has 0 saturated carbocycles. The van der Waals surface area contributed by atoms with Crippen molar-refractivity contribution in [1.82, 2.24) is 0 Å². The summed E-state index contributed by atoms with van der Waals surface area (Å²) < 4.78 is 11.1. The number of hydrogen-bond acceptors (Lipinski definition) is 4. The van der Waals surface area contributed by atoms with Gasteiger partial charge in [0, 0.05) is 10.0 Å². The van der Waals surface area contributed by atoms with E-state index in [0.717, 1.165) is 4.47 Å². The molecule has 0 saturated heterocycles. The maximum absolute atomic E-state index is 12.1. The molecule has 0 aliphatic rings. The van der Waals surface area contributed by atoms with Gasteiger partial charge in [-0.05, 0) is 48.0 Å². The molecule has 0 spiro atoms. The molecule has 0 amide bonds. The van der Waals surface area contributed by atoms with E-state index in [1.54, 1.807) is 30.3 Å². The van der Waals surface area contributed by atoms with Crippen molar-refractivity contribution in [2.75, 3.05) is 14.2 Å². The average Bonchev–Trinajstić information content (AvgIpc) is 2.54. The number of rotatable bonds is 5. The highest BCUT2D eigenvalue weighted by atomic mass is 79.9. The molecule has 0 radical (unpaired) electrons. The lowest BCUT2D eigenvalue weighted by Crippen LogP contribution is -1.94. The van der Waals surface area contributed by atoms with Crippen LogP contribution < -0.4 is 9.47 Å². The fourth-order valence-corrected chi connectivity index (χ4v) is 2.16. The molecule has 0 heterocycles. The summed E-state index contributed by atoms with van der Waals surface area (Å²) in [4.78, 5) is 12.1. The summed E-state index contributed by atoms with van der Waals surface area (Å²) >= 11 is 3.33. The first-order valence-electron chi connectivity index (χ1n) is 6.48. The minimum atomic E-state index is -0.112. The quantitative estimate of drug-likeness (QED) is 0.643. The molecule has 2 aromatic rings. The number of carbonyl (C=O) groups is 1. The van der Waals surface area contributed by atoms with Gasteiger partial charge in [0.05, 0.1) is 14.2 Å². The summed E-state index contributed by atoms with van der Waals surface area (Å²) in [5.41, 5.74) is 1.29. The Morgan fingerprint density at radius 3 is 2.14 bits per heavy atom. The highest BCUT2D eigenvalue weighted by molar-refractivity contribution is 9.10. The summed E-state index contributed by atoms with van der Waals surface area (Å²) in [6.45, 7) is 0. The number of ether oxygens (including phenoxy) is 2. The van der Waals surface area contributed by atoms with E-state index >= 15 is 0 Å². The first kappa shape index (κ1) is 16.1. The molecule has 4 nitrogen and oxygen atoms in total. The van der Waals surface area contributed by atoms with Crippen molar-refractivity contribution in [3.8, 4) is 17.2 Å². The molecule has 114 valence electrons. The summed E-state index contributed by atoms with van der Waals surface area (Å²) in [6.07, 6.45) is 3.11. The van der Waals surface area contributed by atoms with Crippen LogP contribution in [0.3, 0.4) is 0 Å². The summed E-state index contributed by atoms with van der Waals surface area (Å²) in [6, 6.07) is 10.4. The zero-order valence-electron chi connectivity index (χ0n) is 12.2.